The van der Waals surface area contributed by atoms with Gasteiger partial charge in [-0.25, -0.2) is 4.98 Å². The van der Waals surface area contributed by atoms with Crippen molar-refractivity contribution in [1.82, 2.24) is 24.1 Å². The van der Waals surface area contributed by atoms with Crippen molar-refractivity contribution in [3.8, 4) is 45.5 Å². The second-order valence-corrected chi connectivity index (χ2v) is 18.0. The Morgan fingerprint density at radius 3 is 1.46 bits per heavy atom. The Kier molecular flexibility index (Phi) is 7.97. The molecule has 6 nitrogen and oxygen atoms in total. The van der Waals surface area contributed by atoms with Gasteiger partial charge in [-0.1, -0.05) is 164 Å². The highest BCUT2D eigenvalue weighted by atomic mass is 16.3. The molecule has 0 N–H and O–H groups in total. The molecule has 0 bridgehead atoms. The lowest BCUT2D eigenvalue weighted by Crippen LogP contribution is -2.06. The Morgan fingerprint density at radius 2 is 0.754 bits per heavy atom. The topological polar surface area (TPSA) is 61.7 Å². The van der Waals surface area contributed by atoms with Gasteiger partial charge in [-0.2, -0.15) is 9.97 Å². The average molecular weight is 880 g/mol. The molecule has 6 heteroatoms. The largest absolute Gasteiger partial charge is 0.456 e. The van der Waals surface area contributed by atoms with Crippen molar-refractivity contribution < 1.29 is 4.42 Å². The third-order valence-electron chi connectivity index (χ3n) is 14.1. The van der Waals surface area contributed by atoms with E-state index in [0.29, 0.717) is 17.6 Å². The first kappa shape index (κ1) is 37.8. The number of aromatic nitrogens is 5. The predicted molar refractivity (Wildman–Crippen MR) is 285 cm³/mol. The van der Waals surface area contributed by atoms with Gasteiger partial charge in [0.2, 0.25) is 5.95 Å². The predicted octanol–water partition coefficient (Wildman–Crippen LogP) is 16.4. The molecule has 0 saturated carbocycles. The summed E-state index contributed by atoms with van der Waals surface area (Å²) in [7, 11) is 0. The molecule has 0 spiro atoms. The smallest absolute Gasteiger partial charge is 0.238 e. The fourth-order valence-electron chi connectivity index (χ4n) is 11.0. The van der Waals surface area contributed by atoms with Gasteiger partial charge < -0.3 is 8.98 Å². The molecule has 15 aromatic rings. The summed E-state index contributed by atoms with van der Waals surface area (Å²) in [5.41, 5.74) is 11.1. The highest BCUT2D eigenvalue weighted by Crippen LogP contribution is 2.42. The summed E-state index contributed by atoms with van der Waals surface area (Å²) in [6.07, 6.45) is 0. The minimum Gasteiger partial charge on any atom is -0.456 e. The lowest BCUT2D eigenvalue weighted by molar-refractivity contribution is 0.669. The number of nitrogens with zero attached hydrogens (tertiary/aromatic N) is 5. The summed E-state index contributed by atoms with van der Waals surface area (Å²) in [6, 6.07) is 80.0. The van der Waals surface area contributed by atoms with Crippen molar-refractivity contribution in [2.75, 3.05) is 0 Å². The van der Waals surface area contributed by atoms with E-state index >= 15 is 0 Å². The van der Waals surface area contributed by atoms with Crippen molar-refractivity contribution in [3.05, 3.63) is 224 Å². The Bertz CT molecular complexity index is 4580. The number of benzene rings is 11. The first-order valence-electron chi connectivity index (χ1n) is 23.3. The molecule has 320 valence electrons. The Hall–Kier alpha value is -9.39. The second kappa shape index (κ2) is 14.6. The number of fused-ring (bicyclic) bond motifs is 15. The molecule has 0 amide bonds. The Balaban J connectivity index is 0.934. The minimum absolute atomic E-state index is 0.543. The fourth-order valence-corrected chi connectivity index (χ4v) is 11.0. The van der Waals surface area contributed by atoms with Crippen LogP contribution in [0.1, 0.15) is 0 Å². The van der Waals surface area contributed by atoms with Gasteiger partial charge in [0.25, 0.3) is 0 Å². The van der Waals surface area contributed by atoms with Crippen LogP contribution in [0.3, 0.4) is 0 Å². The van der Waals surface area contributed by atoms with E-state index < -0.39 is 0 Å². The second-order valence-electron chi connectivity index (χ2n) is 18.0. The molecule has 4 heterocycles. The van der Waals surface area contributed by atoms with Crippen LogP contribution in [0, 0.1) is 0 Å². The van der Waals surface area contributed by atoms with Crippen LogP contribution in [0.15, 0.2) is 229 Å². The lowest BCUT2D eigenvalue weighted by Gasteiger charge is -2.13. The lowest BCUT2D eigenvalue weighted by atomic mass is 9.92. The number of furan rings is 1. The summed E-state index contributed by atoms with van der Waals surface area (Å²) in [5.74, 6) is 1.70. The first-order valence-corrected chi connectivity index (χ1v) is 23.3. The summed E-state index contributed by atoms with van der Waals surface area (Å²) in [4.78, 5) is 15.7. The Labute approximate surface area is 394 Å². The van der Waals surface area contributed by atoms with Crippen LogP contribution in [-0.4, -0.2) is 24.1 Å². The number of para-hydroxylation sites is 3. The van der Waals surface area contributed by atoms with Crippen molar-refractivity contribution in [2.45, 2.75) is 0 Å². The molecule has 11 aromatic carbocycles. The molecule has 0 aliphatic rings. The summed E-state index contributed by atoms with van der Waals surface area (Å²) in [5, 5.41) is 14.3. The van der Waals surface area contributed by atoms with Crippen LogP contribution in [-0.2, 0) is 0 Å². The van der Waals surface area contributed by atoms with E-state index in [1.165, 1.54) is 43.3 Å². The summed E-state index contributed by atoms with van der Waals surface area (Å²) < 4.78 is 11.0. The molecule has 4 aromatic heterocycles. The van der Waals surface area contributed by atoms with E-state index in [0.717, 1.165) is 82.5 Å². The maximum atomic E-state index is 6.35. The molecular formula is C63H37N5O. The maximum absolute atomic E-state index is 6.35. The molecule has 0 aliphatic carbocycles. The molecule has 0 atom stereocenters. The molecule has 15 rings (SSSR count). The zero-order valence-corrected chi connectivity index (χ0v) is 37.0. The van der Waals surface area contributed by atoms with Crippen molar-refractivity contribution in [3.63, 3.8) is 0 Å². The van der Waals surface area contributed by atoms with Crippen LogP contribution in [0.5, 0.6) is 0 Å². The van der Waals surface area contributed by atoms with Gasteiger partial charge in [0.05, 0.1) is 22.1 Å². The number of hydrogen-bond donors (Lipinski definition) is 0. The fraction of sp³-hybridized carbons (Fsp3) is 0. The standard InChI is InChI=1S/C63H37N5O/c1-2-15-38(16-3-1)61-64-62(41-30-32-51-50-25-10-13-28-59(50)69-60(51)35-41)66-63(65-61)68-56-27-12-9-24-49(56)54-36-57-53(37-58(54)68)48-23-8-11-26-55(48)67(57)42-18-14-17-39(33-42)40-29-31-47-45-21-5-4-19-43(45)44-20-6-7-22-46(44)52(47)34-40/h1-37H. The highest BCUT2D eigenvalue weighted by Gasteiger charge is 2.22. The molecule has 69 heavy (non-hydrogen) atoms. The normalized spacial score (nSPS) is 12.1. The Morgan fingerprint density at radius 1 is 0.261 bits per heavy atom. The zero-order chi connectivity index (χ0) is 45.2. The quantitative estimate of drug-likeness (QED) is 0.162. The van der Waals surface area contributed by atoms with Crippen molar-refractivity contribution >= 4 is 97.9 Å². The molecular weight excluding hydrogens is 843 g/mol. The van der Waals surface area contributed by atoms with Crippen LogP contribution in [0.2, 0.25) is 0 Å². The molecule has 0 saturated heterocycles. The van der Waals surface area contributed by atoms with E-state index in [9.17, 15) is 0 Å². The average Bonchev–Trinajstić information content (AvgIpc) is 4.07. The van der Waals surface area contributed by atoms with Crippen LogP contribution in [0.25, 0.3) is 143 Å². The van der Waals surface area contributed by atoms with Gasteiger partial charge in [-0.3, -0.25) is 4.57 Å². The van der Waals surface area contributed by atoms with Crippen LogP contribution < -0.4 is 0 Å². The van der Waals surface area contributed by atoms with Crippen molar-refractivity contribution in [1.29, 1.82) is 0 Å². The molecule has 0 radical (unpaired) electrons. The van der Waals surface area contributed by atoms with E-state index in [2.05, 4.69) is 179 Å². The number of rotatable bonds is 5. The monoisotopic (exact) mass is 879 g/mol. The van der Waals surface area contributed by atoms with Gasteiger partial charge in [-0.05, 0) is 104 Å². The van der Waals surface area contributed by atoms with Gasteiger partial charge in [-0.15, -0.1) is 0 Å². The number of hydrogen-bond acceptors (Lipinski definition) is 4. The van der Waals surface area contributed by atoms with E-state index in [-0.39, 0.29) is 0 Å². The van der Waals surface area contributed by atoms with Crippen LogP contribution >= 0.6 is 0 Å². The molecule has 0 fully saturated rings. The SMILES string of the molecule is c1ccc(-c2nc(-c3ccc4c(c3)oc3ccccc34)nc(-n3c4ccccc4c4cc5c(cc43)c3ccccc3n5-c3cccc(-c4ccc5c6ccccc6c6ccccc6c5c4)c3)n2)cc1. The molecule has 0 aliphatic heterocycles. The first-order chi connectivity index (χ1) is 34.2. The molecule has 0 unspecified atom stereocenters. The van der Waals surface area contributed by atoms with Crippen molar-refractivity contribution in [2.24, 2.45) is 0 Å². The van der Waals surface area contributed by atoms with E-state index in [1.54, 1.807) is 0 Å². The maximum Gasteiger partial charge on any atom is 0.238 e. The van der Waals surface area contributed by atoms with E-state index in [4.69, 9.17) is 19.4 Å². The van der Waals surface area contributed by atoms with Gasteiger partial charge in [0, 0.05) is 49.1 Å². The third-order valence-corrected chi connectivity index (χ3v) is 14.1. The highest BCUT2D eigenvalue weighted by molar-refractivity contribution is 6.26. The minimum atomic E-state index is 0.543. The summed E-state index contributed by atoms with van der Waals surface area (Å²) in [6.45, 7) is 0. The van der Waals surface area contributed by atoms with Gasteiger partial charge in [0.15, 0.2) is 11.6 Å². The summed E-state index contributed by atoms with van der Waals surface area (Å²) >= 11 is 0. The van der Waals surface area contributed by atoms with Crippen LogP contribution in [0.4, 0.5) is 0 Å². The third kappa shape index (κ3) is 5.69. The van der Waals surface area contributed by atoms with E-state index in [1.807, 2.05) is 54.6 Å². The van der Waals surface area contributed by atoms with Gasteiger partial charge >= 0.3 is 0 Å². The van der Waals surface area contributed by atoms with Gasteiger partial charge in [0.1, 0.15) is 11.2 Å². The zero-order valence-electron chi connectivity index (χ0n) is 37.0.